The Kier molecular flexibility index (Phi) is 9.85. The highest BCUT2D eigenvalue weighted by Gasteiger charge is 2.33. The van der Waals surface area contributed by atoms with Gasteiger partial charge in [-0.25, -0.2) is 8.42 Å². The van der Waals surface area contributed by atoms with Crippen molar-refractivity contribution in [3.63, 3.8) is 0 Å². The van der Waals surface area contributed by atoms with E-state index in [1.807, 2.05) is 63.2 Å². The van der Waals surface area contributed by atoms with Gasteiger partial charge in [0.1, 0.15) is 12.6 Å². The van der Waals surface area contributed by atoms with Crippen LogP contribution >= 0.6 is 0 Å². The Morgan fingerprint density at radius 1 is 0.865 bits per heavy atom. The number of hydrogen-bond donors (Lipinski definition) is 1. The third-order valence-corrected chi connectivity index (χ3v) is 7.90. The number of amides is 2. The standard InChI is InChI=1S/C29H35N3O4S/c1-4-20-30-29(34)26(5-2)31(21-24-15-8-6-9-16-24)28(33)22-32(27-19-13-12-14-23(27)3)37(35,36)25-17-10-7-11-18-25/h6-19,26H,4-5,20-22H2,1-3H3,(H,30,34)/t26-/m0/s1. The predicted molar refractivity (Wildman–Crippen MR) is 147 cm³/mol. The zero-order valence-electron chi connectivity index (χ0n) is 21.6. The van der Waals surface area contributed by atoms with Crippen LogP contribution in [0.25, 0.3) is 0 Å². The lowest BCUT2D eigenvalue weighted by Gasteiger charge is -2.33. The molecule has 0 saturated heterocycles. The van der Waals surface area contributed by atoms with Gasteiger partial charge in [-0.3, -0.25) is 13.9 Å². The summed E-state index contributed by atoms with van der Waals surface area (Å²) in [5.41, 5.74) is 1.99. The highest BCUT2D eigenvalue weighted by molar-refractivity contribution is 7.92. The highest BCUT2D eigenvalue weighted by atomic mass is 32.2. The summed E-state index contributed by atoms with van der Waals surface area (Å²) < 4.78 is 28.7. The first kappa shape index (κ1) is 27.9. The number of carbonyl (C=O) groups excluding carboxylic acids is 2. The van der Waals surface area contributed by atoms with Crippen LogP contribution in [0.1, 0.15) is 37.8 Å². The number of nitrogens with zero attached hydrogens (tertiary/aromatic N) is 2. The van der Waals surface area contributed by atoms with Gasteiger partial charge in [-0.2, -0.15) is 0 Å². The van der Waals surface area contributed by atoms with Gasteiger partial charge in [-0.15, -0.1) is 0 Å². The molecule has 196 valence electrons. The normalized spacial score (nSPS) is 12.0. The molecule has 3 aromatic carbocycles. The van der Waals surface area contributed by atoms with Crippen LogP contribution in [0.5, 0.6) is 0 Å². The first-order chi connectivity index (χ1) is 17.8. The minimum Gasteiger partial charge on any atom is -0.354 e. The summed E-state index contributed by atoms with van der Waals surface area (Å²) in [6.07, 6.45) is 1.16. The van der Waals surface area contributed by atoms with Gasteiger partial charge in [0.2, 0.25) is 11.8 Å². The summed E-state index contributed by atoms with van der Waals surface area (Å²) in [6, 6.07) is 23.8. The van der Waals surface area contributed by atoms with Crippen LogP contribution < -0.4 is 9.62 Å². The molecule has 0 aromatic heterocycles. The van der Waals surface area contributed by atoms with Crippen LogP contribution in [0.4, 0.5) is 5.69 Å². The third kappa shape index (κ3) is 6.98. The fraction of sp³-hybridized carbons (Fsp3) is 0.310. The molecular formula is C29H35N3O4S. The van der Waals surface area contributed by atoms with Crippen molar-refractivity contribution in [2.75, 3.05) is 17.4 Å². The fourth-order valence-electron chi connectivity index (χ4n) is 4.14. The Morgan fingerprint density at radius 3 is 2.05 bits per heavy atom. The molecule has 3 rings (SSSR count). The number of benzene rings is 3. The van der Waals surface area contributed by atoms with Gasteiger partial charge in [0, 0.05) is 13.1 Å². The number of para-hydroxylation sites is 1. The number of carbonyl (C=O) groups is 2. The van der Waals surface area contributed by atoms with E-state index in [2.05, 4.69) is 5.32 Å². The average molecular weight is 522 g/mol. The molecule has 1 N–H and O–H groups in total. The molecule has 37 heavy (non-hydrogen) atoms. The first-order valence-corrected chi connectivity index (χ1v) is 14.0. The van der Waals surface area contributed by atoms with Crippen molar-refractivity contribution in [1.29, 1.82) is 0 Å². The van der Waals surface area contributed by atoms with Gasteiger partial charge < -0.3 is 10.2 Å². The SMILES string of the molecule is CCCNC(=O)[C@H](CC)N(Cc1ccccc1)C(=O)CN(c1ccccc1C)S(=O)(=O)c1ccccc1. The molecule has 0 fully saturated rings. The summed E-state index contributed by atoms with van der Waals surface area (Å²) in [5.74, 6) is -0.702. The van der Waals surface area contributed by atoms with E-state index in [1.165, 1.54) is 17.0 Å². The summed E-state index contributed by atoms with van der Waals surface area (Å²) >= 11 is 0. The molecule has 0 radical (unpaired) electrons. The van der Waals surface area contributed by atoms with Gasteiger partial charge in [0.15, 0.2) is 0 Å². The number of rotatable bonds is 12. The van der Waals surface area contributed by atoms with Crippen LogP contribution in [-0.4, -0.2) is 44.3 Å². The number of anilines is 1. The number of hydrogen-bond acceptors (Lipinski definition) is 4. The second-order valence-corrected chi connectivity index (χ2v) is 10.7. The summed E-state index contributed by atoms with van der Waals surface area (Å²) in [6.45, 7) is 5.86. The molecule has 0 aliphatic heterocycles. The molecule has 0 aliphatic rings. The molecule has 0 spiro atoms. The molecule has 3 aromatic rings. The molecule has 8 heteroatoms. The van der Waals surface area contributed by atoms with Gasteiger partial charge >= 0.3 is 0 Å². The Labute approximate surface area is 220 Å². The third-order valence-electron chi connectivity index (χ3n) is 6.13. The zero-order valence-corrected chi connectivity index (χ0v) is 22.4. The lowest BCUT2D eigenvalue weighted by Crippen LogP contribution is -2.52. The van der Waals surface area contributed by atoms with Crippen molar-refractivity contribution in [3.8, 4) is 0 Å². The maximum atomic E-state index is 13.9. The van der Waals surface area contributed by atoms with Gasteiger partial charge in [0.25, 0.3) is 10.0 Å². The van der Waals surface area contributed by atoms with E-state index in [0.29, 0.717) is 18.7 Å². The van der Waals surface area contributed by atoms with E-state index in [4.69, 9.17) is 0 Å². The Bertz CT molecular complexity index is 1280. The van der Waals surface area contributed by atoms with Crippen molar-refractivity contribution < 1.29 is 18.0 Å². The monoisotopic (exact) mass is 521 g/mol. The van der Waals surface area contributed by atoms with Crippen molar-refractivity contribution >= 4 is 27.5 Å². The van der Waals surface area contributed by atoms with Gasteiger partial charge in [-0.05, 0) is 49.1 Å². The fourth-order valence-corrected chi connectivity index (χ4v) is 5.64. The van der Waals surface area contributed by atoms with Crippen LogP contribution in [0, 0.1) is 6.92 Å². The van der Waals surface area contributed by atoms with Crippen molar-refractivity contribution in [2.45, 2.75) is 51.1 Å². The maximum Gasteiger partial charge on any atom is 0.264 e. The van der Waals surface area contributed by atoms with Crippen molar-refractivity contribution in [1.82, 2.24) is 10.2 Å². The average Bonchev–Trinajstić information content (AvgIpc) is 2.91. The van der Waals surface area contributed by atoms with Crippen LogP contribution in [0.2, 0.25) is 0 Å². The minimum atomic E-state index is -4.06. The van der Waals surface area contributed by atoms with E-state index >= 15 is 0 Å². The molecule has 0 bridgehead atoms. The lowest BCUT2D eigenvalue weighted by molar-refractivity contribution is -0.140. The molecule has 0 unspecified atom stereocenters. The highest BCUT2D eigenvalue weighted by Crippen LogP contribution is 2.27. The summed E-state index contributed by atoms with van der Waals surface area (Å²) in [5, 5.41) is 2.89. The molecule has 1 atom stereocenters. The summed E-state index contributed by atoms with van der Waals surface area (Å²) in [4.78, 5) is 28.6. The topological polar surface area (TPSA) is 86.8 Å². The largest absolute Gasteiger partial charge is 0.354 e. The quantitative estimate of drug-likeness (QED) is 0.380. The summed E-state index contributed by atoms with van der Waals surface area (Å²) in [7, 11) is -4.06. The smallest absolute Gasteiger partial charge is 0.264 e. The molecule has 0 saturated carbocycles. The predicted octanol–water partition coefficient (Wildman–Crippen LogP) is 4.52. The second kappa shape index (κ2) is 13.1. The Hall–Kier alpha value is -3.65. The Balaban J connectivity index is 2.04. The molecule has 2 amide bonds. The number of aryl methyl sites for hydroxylation is 1. The molecule has 7 nitrogen and oxygen atoms in total. The van der Waals surface area contributed by atoms with E-state index in [0.717, 1.165) is 21.9 Å². The van der Waals surface area contributed by atoms with Gasteiger partial charge in [0.05, 0.1) is 10.6 Å². The number of nitrogens with one attached hydrogen (secondary N) is 1. The molecule has 0 aliphatic carbocycles. The molecular weight excluding hydrogens is 486 g/mol. The van der Waals surface area contributed by atoms with Crippen molar-refractivity contribution in [3.05, 3.63) is 96.1 Å². The van der Waals surface area contributed by atoms with Crippen LogP contribution in [0.3, 0.4) is 0 Å². The van der Waals surface area contributed by atoms with Crippen molar-refractivity contribution in [2.24, 2.45) is 0 Å². The second-order valence-electron chi connectivity index (χ2n) is 8.83. The molecule has 0 heterocycles. The van der Waals surface area contributed by atoms with E-state index in [-0.39, 0.29) is 17.3 Å². The number of sulfonamides is 1. The minimum absolute atomic E-state index is 0.0911. The van der Waals surface area contributed by atoms with Crippen LogP contribution in [-0.2, 0) is 26.2 Å². The van der Waals surface area contributed by atoms with Crippen LogP contribution in [0.15, 0.2) is 89.8 Å². The maximum absolute atomic E-state index is 13.9. The van der Waals surface area contributed by atoms with E-state index in [9.17, 15) is 18.0 Å². The van der Waals surface area contributed by atoms with E-state index in [1.54, 1.807) is 30.3 Å². The lowest BCUT2D eigenvalue weighted by atomic mass is 10.1. The van der Waals surface area contributed by atoms with Gasteiger partial charge in [-0.1, -0.05) is 80.6 Å². The first-order valence-electron chi connectivity index (χ1n) is 12.5. The van der Waals surface area contributed by atoms with E-state index < -0.39 is 28.5 Å². The Morgan fingerprint density at radius 2 is 1.46 bits per heavy atom. The zero-order chi connectivity index (χ0) is 26.8.